The smallest absolute Gasteiger partial charge is 0.338 e. The Morgan fingerprint density at radius 1 is 1.10 bits per heavy atom. The van der Waals surface area contributed by atoms with Crippen molar-refractivity contribution in [3.05, 3.63) is 69.3 Å². The molecule has 29 heavy (non-hydrogen) atoms. The maximum absolute atomic E-state index is 12.9. The van der Waals surface area contributed by atoms with E-state index < -0.39 is 20.9 Å². The van der Waals surface area contributed by atoms with Gasteiger partial charge in [0.05, 0.1) is 15.4 Å². The van der Waals surface area contributed by atoms with Crippen LogP contribution in [0.5, 0.6) is 0 Å². The van der Waals surface area contributed by atoms with Gasteiger partial charge < -0.3 is 4.74 Å². The first-order valence-electron chi connectivity index (χ1n) is 9.30. The second kappa shape index (κ2) is 8.71. The van der Waals surface area contributed by atoms with Crippen molar-refractivity contribution < 1.29 is 22.9 Å². The lowest BCUT2D eigenvalue weighted by atomic mass is 10.1. The molecule has 8 nitrogen and oxygen atoms in total. The second-order valence-electron chi connectivity index (χ2n) is 6.94. The first-order valence-corrected chi connectivity index (χ1v) is 10.7. The summed E-state index contributed by atoms with van der Waals surface area (Å²) in [5.41, 5.74) is 1.34. The highest BCUT2D eigenvalue weighted by Gasteiger charge is 2.27. The van der Waals surface area contributed by atoms with Gasteiger partial charge in [-0.15, -0.1) is 0 Å². The van der Waals surface area contributed by atoms with Crippen molar-refractivity contribution in [2.45, 2.75) is 37.7 Å². The number of sulfonamides is 1. The molecule has 9 heteroatoms. The highest BCUT2D eigenvalue weighted by Crippen LogP contribution is 2.23. The van der Waals surface area contributed by atoms with Gasteiger partial charge in [-0.1, -0.05) is 12.5 Å². The molecule has 0 spiro atoms. The van der Waals surface area contributed by atoms with E-state index in [4.69, 9.17) is 4.74 Å². The third-order valence-corrected chi connectivity index (χ3v) is 6.79. The number of non-ortho nitro benzene ring substituents is 1. The quantitative estimate of drug-likeness (QED) is 0.404. The van der Waals surface area contributed by atoms with Crippen LogP contribution in [0.3, 0.4) is 0 Å². The van der Waals surface area contributed by atoms with Crippen molar-refractivity contribution in [1.29, 1.82) is 0 Å². The third kappa shape index (κ3) is 4.80. The summed E-state index contributed by atoms with van der Waals surface area (Å²) in [7, 11) is -3.65. The average Bonchev–Trinajstić information content (AvgIpc) is 2.73. The molecule has 1 aliphatic heterocycles. The zero-order valence-electron chi connectivity index (χ0n) is 16.0. The Kier molecular flexibility index (Phi) is 6.29. The van der Waals surface area contributed by atoms with Crippen LogP contribution in [-0.2, 0) is 21.4 Å². The molecule has 1 heterocycles. The number of benzene rings is 2. The summed E-state index contributed by atoms with van der Waals surface area (Å²) in [6.07, 6.45) is 2.67. The SMILES string of the molecule is Cc1ccc(S(=O)(=O)N2CCCCC2)cc1C(=O)OCc1ccc([N+](=O)[O-])cc1. The van der Waals surface area contributed by atoms with Gasteiger partial charge in [-0.3, -0.25) is 10.1 Å². The van der Waals surface area contributed by atoms with Gasteiger partial charge in [0, 0.05) is 25.2 Å². The molecule has 1 fully saturated rings. The summed E-state index contributed by atoms with van der Waals surface area (Å²) in [6.45, 7) is 2.60. The fraction of sp³-hybridized carbons (Fsp3) is 0.350. The van der Waals surface area contributed by atoms with Crippen LogP contribution in [-0.4, -0.2) is 36.7 Å². The fourth-order valence-corrected chi connectivity index (χ4v) is 4.72. The largest absolute Gasteiger partial charge is 0.457 e. The van der Waals surface area contributed by atoms with Crippen LogP contribution in [0.15, 0.2) is 47.4 Å². The summed E-state index contributed by atoms with van der Waals surface area (Å²) in [6, 6.07) is 10.1. The van der Waals surface area contributed by atoms with Gasteiger partial charge >= 0.3 is 5.97 Å². The summed E-state index contributed by atoms with van der Waals surface area (Å²) in [4.78, 5) is 22.8. The number of carbonyl (C=O) groups is 1. The lowest BCUT2D eigenvalue weighted by molar-refractivity contribution is -0.384. The summed E-state index contributed by atoms with van der Waals surface area (Å²) >= 11 is 0. The van der Waals surface area contributed by atoms with Gasteiger partial charge in [0.15, 0.2) is 0 Å². The van der Waals surface area contributed by atoms with Gasteiger partial charge in [0.25, 0.3) is 5.69 Å². The number of aryl methyl sites for hydroxylation is 1. The van der Waals surface area contributed by atoms with E-state index in [2.05, 4.69) is 0 Å². The molecule has 1 aliphatic rings. The lowest BCUT2D eigenvalue weighted by Crippen LogP contribution is -2.35. The Bertz CT molecular complexity index is 1010. The minimum Gasteiger partial charge on any atom is -0.457 e. The van der Waals surface area contributed by atoms with Gasteiger partial charge in [-0.25, -0.2) is 13.2 Å². The molecule has 0 unspecified atom stereocenters. The van der Waals surface area contributed by atoms with E-state index in [0.29, 0.717) is 24.2 Å². The number of hydrogen-bond donors (Lipinski definition) is 0. The van der Waals surface area contributed by atoms with Crippen LogP contribution in [0.25, 0.3) is 0 Å². The lowest BCUT2D eigenvalue weighted by Gasteiger charge is -2.26. The highest BCUT2D eigenvalue weighted by molar-refractivity contribution is 7.89. The second-order valence-corrected chi connectivity index (χ2v) is 8.88. The van der Waals surface area contributed by atoms with E-state index >= 15 is 0 Å². The molecular weight excluding hydrogens is 396 g/mol. The normalized spacial score (nSPS) is 15.1. The Balaban J connectivity index is 1.75. The number of nitrogens with zero attached hydrogens (tertiary/aromatic N) is 2. The highest BCUT2D eigenvalue weighted by atomic mass is 32.2. The van der Waals surface area contributed by atoms with E-state index in [0.717, 1.165) is 19.3 Å². The molecule has 154 valence electrons. The van der Waals surface area contributed by atoms with E-state index in [9.17, 15) is 23.3 Å². The van der Waals surface area contributed by atoms with Crippen molar-refractivity contribution in [1.82, 2.24) is 4.31 Å². The van der Waals surface area contributed by atoms with Gasteiger partial charge in [0.2, 0.25) is 10.0 Å². The van der Waals surface area contributed by atoms with Crippen LogP contribution in [0.4, 0.5) is 5.69 Å². The predicted molar refractivity (Wildman–Crippen MR) is 106 cm³/mol. The zero-order valence-corrected chi connectivity index (χ0v) is 16.9. The molecule has 0 saturated carbocycles. The molecule has 2 aromatic rings. The number of carbonyl (C=O) groups excluding carboxylic acids is 1. The van der Waals surface area contributed by atoms with Crippen molar-refractivity contribution >= 4 is 21.7 Å². The van der Waals surface area contributed by atoms with E-state index in [1.807, 2.05) is 0 Å². The molecule has 3 rings (SSSR count). The van der Waals surface area contributed by atoms with Crippen molar-refractivity contribution in [2.24, 2.45) is 0 Å². The molecule has 0 atom stereocenters. The first kappa shape index (κ1) is 20.9. The van der Waals surface area contributed by atoms with E-state index in [1.54, 1.807) is 13.0 Å². The molecule has 0 aliphatic carbocycles. The molecule has 0 radical (unpaired) electrons. The maximum atomic E-state index is 12.9. The predicted octanol–water partition coefficient (Wildman–Crippen LogP) is 3.43. The first-order chi connectivity index (χ1) is 13.8. The Labute approximate surface area is 169 Å². The number of piperidine rings is 1. The minimum absolute atomic E-state index is 0.0495. The number of nitro benzene ring substituents is 1. The molecular formula is C20H22N2O6S. The van der Waals surface area contributed by atoms with Crippen LogP contribution < -0.4 is 0 Å². The van der Waals surface area contributed by atoms with Gasteiger partial charge in [-0.2, -0.15) is 4.31 Å². The van der Waals surface area contributed by atoms with E-state index in [-0.39, 0.29) is 22.8 Å². The zero-order chi connectivity index (χ0) is 21.0. The Morgan fingerprint density at radius 3 is 2.38 bits per heavy atom. The van der Waals surface area contributed by atoms with Crippen molar-refractivity contribution in [3.63, 3.8) is 0 Å². The molecule has 2 aromatic carbocycles. The number of esters is 1. The minimum atomic E-state index is -3.65. The van der Waals surface area contributed by atoms with E-state index in [1.165, 1.54) is 40.7 Å². The summed E-state index contributed by atoms with van der Waals surface area (Å²) < 4.78 is 32.5. The molecule has 0 N–H and O–H groups in total. The monoisotopic (exact) mass is 418 g/mol. The molecule has 0 amide bonds. The van der Waals surface area contributed by atoms with Gasteiger partial charge in [-0.05, 0) is 55.2 Å². The number of nitro groups is 1. The van der Waals surface area contributed by atoms with Crippen LogP contribution in [0, 0.1) is 17.0 Å². The number of rotatable bonds is 6. The molecule has 0 bridgehead atoms. The van der Waals surface area contributed by atoms with Crippen molar-refractivity contribution in [3.8, 4) is 0 Å². The van der Waals surface area contributed by atoms with Crippen LogP contribution >= 0.6 is 0 Å². The fourth-order valence-electron chi connectivity index (χ4n) is 3.18. The maximum Gasteiger partial charge on any atom is 0.338 e. The standard InChI is InChI=1S/C20H22N2O6S/c1-15-5-10-18(29(26,27)21-11-3-2-4-12-21)13-19(15)20(23)28-14-16-6-8-17(9-7-16)22(24)25/h5-10,13H,2-4,11-12,14H2,1H3. The number of ether oxygens (including phenoxy) is 1. The van der Waals surface area contributed by atoms with Gasteiger partial charge in [0.1, 0.15) is 6.61 Å². The molecule has 1 saturated heterocycles. The third-order valence-electron chi connectivity index (χ3n) is 4.90. The van der Waals surface area contributed by atoms with Crippen LogP contribution in [0.2, 0.25) is 0 Å². The topological polar surface area (TPSA) is 107 Å². The average molecular weight is 418 g/mol. The Hall–Kier alpha value is -2.78. The number of hydrogen-bond acceptors (Lipinski definition) is 6. The Morgan fingerprint density at radius 2 is 1.76 bits per heavy atom. The summed E-state index contributed by atoms with van der Waals surface area (Å²) in [5, 5.41) is 10.7. The van der Waals surface area contributed by atoms with Crippen LogP contribution in [0.1, 0.15) is 40.7 Å². The summed E-state index contributed by atoms with van der Waals surface area (Å²) in [5.74, 6) is -0.642. The van der Waals surface area contributed by atoms with Crippen molar-refractivity contribution in [2.75, 3.05) is 13.1 Å². The molecule has 0 aromatic heterocycles.